The van der Waals surface area contributed by atoms with Crippen molar-refractivity contribution in [3.63, 3.8) is 0 Å². The van der Waals surface area contributed by atoms with E-state index in [1.165, 1.54) is 20.3 Å². The number of ketones is 1. The van der Waals surface area contributed by atoms with Gasteiger partial charge in [0.1, 0.15) is 6.61 Å². The van der Waals surface area contributed by atoms with E-state index in [1.54, 1.807) is 6.92 Å². The third-order valence-electron chi connectivity index (χ3n) is 2.94. The van der Waals surface area contributed by atoms with Crippen LogP contribution in [0.2, 0.25) is 0 Å². The summed E-state index contributed by atoms with van der Waals surface area (Å²) in [5.41, 5.74) is 1.27. The highest BCUT2D eigenvalue weighted by atomic mass is 16.5. The van der Waals surface area contributed by atoms with Crippen LogP contribution in [0.1, 0.15) is 37.6 Å². The molecule has 0 aliphatic heterocycles. The van der Waals surface area contributed by atoms with Crippen LogP contribution >= 0.6 is 0 Å². The number of Topliss-reactive ketones (excluding diaryl/α,β-unsaturated/α-hetero) is 1. The number of aromatic hydroxyl groups is 1. The van der Waals surface area contributed by atoms with Crippen LogP contribution in [0.25, 0.3) is 0 Å². The van der Waals surface area contributed by atoms with E-state index < -0.39 is 0 Å². The predicted molar refractivity (Wildman–Crippen MR) is 80.8 cm³/mol. The van der Waals surface area contributed by atoms with Gasteiger partial charge in [-0.05, 0) is 26.0 Å². The molecule has 1 rings (SSSR count). The second-order valence-electron chi connectivity index (χ2n) is 4.71. The molecule has 5 heteroatoms. The first-order chi connectivity index (χ1) is 9.96. The van der Waals surface area contributed by atoms with Gasteiger partial charge in [-0.1, -0.05) is 12.5 Å². The van der Waals surface area contributed by atoms with Gasteiger partial charge < -0.3 is 19.3 Å². The Morgan fingerprint density at radius 2 is 1.90 bits per heavy atom. The summed E-state index contributed by atoms with van der Waals surface area (Å²) < 4.78 is 16.0. The van der Waals surface area contributed by atoms with Crippen molar-refractivity contribution in [2.75, 3.05) is 20.8 Å². The average Bonchev–Trinajstić information content (AvgIpc) is 2.46. The zero-order chi connectivity index (χ0) is 16.0. The second kappa shape index (κ2) is 7.57. The van der Waals surface area contributed by atoms with Gasteiger partial charge in [-0.3, -0.25) is 4.79 Å². The summed E-state index contributed by atoms with van der Waals surface area (Å²) in [5, 5.41) is 10.2. The normalized spacial score (nSPS) is 9.95. The summed E-state index contributed by atoms with van der Waals surface area (Å²) in [7, 11) is 2.88. The summed E-state index contributed by atoms with van der Waals surface area (Å²) in [4.78, 5) is 11.9. The van der Waals surface area contributed by atoms with Crippen molar-refractivity contribution in [1.29, 1.82) is 0 Å². The van der Waals surface area contributed by atoms with Crippen LogP contribution in [-0.2, 0) is 0 Å². The molecule has 0 heterocycles. The fraction of sp³-hybridized carbons (Fsp3) is 0.438. The number of phenols is 1. The van der Waals surface area contributed by atoms with Gasteiger partial charge in [0.2, 0.25) is 11.5 Å². The molecule has 0 unspecified atom stereocenters. The van der Waals surface area contributed by atoms with Crippen molar-refractivity contribution in [2.45, 2.75) is 27.2 Å². The number of hydrogen-bond donors (Lipinski definition) is 1. The molecule has 0 aromatic heterocycles. The van der Waals surface area contributed by atoms with E-state index >= 15 is 0 Å². The zero-order valence-electron chi connectivity index (χ0n) is 13.1. The van der Waals surface area contributed by atoms with Gasteiger partial charge in [-0.15, -0.1) is 0 Å². The van der Waals surface area contributed by atoms with E-state index in [0.29, 0.717) is 12.4 Å². The quantitative estimate of drug-likeness (QED) is 0.617. The molecule has 0 saturated heterocycles. The molecule has 116 valence electrons. The predicted octanol–water partition coefficient (Wildman–Crippen LogP) is 3.35. The first-order valence-electron chi connectivity index (χ1n) is 6.73. The molecule has 0 atom stereocenters. The number of carbonyl (C=O) groups is 1. The van der Waals surface area contributed by atoms with Crippen molar-refractivity contribution in [3.8, 4) is 23.0 Å². The van der Waals surface area contributed by atoms with Crippen LogP contribution in [0.5, 0.6) is 23.0 Å². The molecule has 0 aliphatic carbocycles. The van der Waals surface area contributed by atoms with Gasteiger partial charge in [-0.2, -0.15) is 0 Å². The summed E-state index contributed by atoms with van der Waals surface area (Å²) in [5.74, 6) is 0.317. The number of benzene rings is 1. The lowest BCUT2D eigenvalue weighted by Gasteiger charge is -2.17. The number of rotatable bonds is 7. The van der Waals surface area contributed by atoms with E-state index in [0.717, 1.165) is 5.57 Å². The van der Waals surface area contributed by atoms with E-state index in [1.807, 2.05) is 19.9 Å². The summed E-state index contributed by atoms with van der Waals surface area (Å²) >= 11 is 0. The minimum Gasteiger partial charge on any atom is -0.504 e. The largest absolute Gasteiger partial charge is 0.504 e. The number of ether oxygens (including phenoxy) is 3. The first-order valence-corrected chi connectivity index (χ1v) is 6.73. The highest BCUT2D eigenvalue weighted by molar-refractivity contribution is 6.00. The number of carbonyl (C=O) groups excluding carboxylic acids is 1. The molecule has 0 radical (unpaired) electrons. The molecule has 0 saturated carbocycles. The van der Waals surface area contributed by atoms with Crippen molar-refractivity contribution < 1.29 is 24.1 Å². The minimum absolute atomic E-state index is 0.105. The number of phenolic OH excluding ortho intramolecular Hbond substituents is 1. The van der Waals surface area contributed by atoms with Crippen LogP contribution in [0.15, 0.2) is 17.7 Å². The van der Waals surface area contributed by atoms with Gasteiger partial charge in [0.15, 0.2) is 17.3 Å². The molecular formula is C16H22O5. The Kier molecular flexibility index (Phi) is 6.09. The van der Waals surface area contributed by atoms with Crippen LogP contribution in [-0.4, -0.2) is 31.7 Å². The van der Waals surface area contributed by atoms with Crippen LogP contribution in [0.3, 0.4) is 0 Å². The summed E-state index contributed by atoms with van der Waals surface area (Å²) in [6.07, 6.45) is 2.17. The van der Waals surface area contributed by atoms with Gasteiger partial charge in [0, 0.05) is 6.42 Å². The van der Waals surface area contributed by atoms with Crippen molar-refractivity contribution >= 4 is 5.78 Å². The van der Waals surface area contributed by atoms with Gasteiger partial charge >= 0.3 is 0 Å². The maximum absolute atomic E-state index is 11.9. The number of allylic oxidation sites excluding steroid dienone is 1. The topological polar surface area (TPSA) is 65.0 Å². The van der Waals surface area contributed by atoms with Gasteiger partial charge in [0.05, 0.1) is 19.8 Å². The Hall–Kier alpha value is -2.17. The molecule has 0 aliphatic rings. The third kappa shape index (κ3) is 3.90. The maximum Gasteiger partial charge on any atom is 0.207 e. The van der Waals surface area contributed by atoms with Crippen LogP contribution in [0.4, 0.5) is 0 Å². The second-order valence-corrected chi connectivity index (χ2v) is 4.71. The SMILES string of the molecule is CCC(=O)c1cc(OC)c(OCC=C(C)C)c(OC)c1O. The highest BCUT2D eigenvalue weighted by Crippen LogP contribution is 2.46. The Morgan fingerprint density at radius 1 is 1.24 bits per heavy atom. The number of hydrogen-bond acceptors (Lipinski definition) is 5. The Balaban J connectivity index is 3.32. The molecule has 1 aromatic rings. The molecule has 0 fully saturated rings. The molecule has 5 nitrogen and oxygen atoms in total. The summed E-state index contributed by atoms with van der Waals surface area (Å²) in [6, 6.07) is 1.47. The summed E-state index contributed by atoms with van der Waals surface area (Å²) in [6.45, 7) is 5.95. The Morgan fingerprint density at radius 3 is 2.38 bits per heavy atom. The van der Waals surface area contributed by atoms with Crippen LogP contribution in [0, 0.1) is 0 Å². The number of methoxy groups -OCH3 is 2. The first kappa shape index (κ1) is 16.9. The van der Waals surface area contributed by atoms with E-state index in [9.17, 15) is 9.90 Å². The standard InChI is InChI=1S/C16H22O5/c1-6-12(17)11-9-13(19-4)15(16(20-5)14(11)18)21-8-7-10(2)3/h7,9,18H,6,8H2,1-5H3. The van der Waals surface area contributed by atoms with E-state index in [-0.39, 0.29) is 35.0 Å². The zero-order valence-corrected chi connectivity index (χ0v) is 13.1. The van der Waals surface area contributed by atoms with E-state index in [4.69, 9.17) is 14.2 Å². The lowest BCUT2D eigenvalue weighted by atomic mass is 10.1. The fourth-order valence-corrected chi connectivity index (χ4v) is 1.78. The molecule has 0 amide bonds. The van der Waals surface area contributed by atoms with Crippen molar-refractivity contribution in [1.82, 2.24) is 0 Å². The molecule has 21 heavy (non-hydrogen) atoms. The monoisotopic (exact) mass is 294 g/mol. The Bertz CT molecular complexity index is 542. The highest BCUT2D eigenvalue weighted by Gasteiger charge is 2.23. The minimum atomic E-state index is -0.225. The fourth-order valence-electron chi connectivity index (χ4n) is 1.78. The van der Waals surface area contributed by atoms with Crippen molar-refractivity contribution in [3.05, 3.63) is 23.3 Å². The Labute approximate surface area is 125 Å². The third-order valence-corrected chi connectivity index (χ3v) is 2.94. The lowest BCUT2D eigenvalue weighted by Crippen LogP contribution is -2.04. The molecule has 1 aromatic carbocycles. The lowest BCUT2D eigenvalue weighted by molar-refractivity contribution is 0.0984. The maximum atomic E-state index is 11.9. The van der Waals surface area contributed by atoms with Gasteiger partial charge in [0.25, 0.3) is 0 Å². The smallest absolute Gasteiger partial charge is 0.207 e. The molecule has 1 N–H and O–H groups in total. The molecule has 0 bridgehead atoms. The molecular weight excluding hydrogens is 272 g/mol. The average molecular weight is 294 g/mol. The van der Waals surface area contributed by atoms with Crippen molar-refractivity contribution in [2.24, 2.45) is 0 Å². The van der Waals surface area contributed by atoms with E-state index in [2.05, 4.69) is 0 Å². The molecule has 0 spiro atoms. The van der Waals surface area contributed by atoms with Crippen LogP contribution < -0.4 is 14.2 Å². The van der Waals surface area contributed by atoms with Gasteiger partial charge in [-0.25, -0.2) is 0 Å².